The summed E-state index contributed by atoms with van der Waals surface area (Å²) in [5, 5.41) is 0. The van der Waals surface area contributed by atoms with Crippen LogP contribution >= 0.6 is 15.9 Å². The van der Waals surface area contributed by atoms with Crippen LogP contribution in [0.15, 0.2) is 40.9 Å². The molecule has 3 nitrogen and oxygen atoms in total. The second-order valence-corrected chi connectivity index (χ2v) is 5.24. The number of ether oxygens (including phenoxy) is 2. The molecule has 0 spiro atoms. The van der Waals surface area contributed by atoms with Gasteiger partial charge in [-0.2, -0.15) is 0 Å². The summed E-state index contributed by atoms with van der Waals surface area (Å²) in [4.78, 5) is 12.6. The van der Waals surface area contributed by atoms with Crippen LogP contribution in [0.2, 0.25) is 0 Å². The predicted octanol–water partition coefficient (Wildman–Crippen LogP) is 4.01. The van der Waals surface area contributed by atoms with Crippen molar-refractivity contribution >= 4 is 21.7 Å². The molecular weight excluding hydrogens is 320 g/mol. The molecule has 0 radical (unpaired) electrons. The van der Waals surface area contributed by atoms with E-state index in [2.05, 4.69) is 15.9 Å². The zero-order valence-electron chi connectivity index (χ0n) is 11.6. The van der Waals surface area contributed by atoms with Crippen molar-refractivity contribution in [1.82, 2.24) is 0 Å². The highest BCUT2D eigenvalue weighted by atomic mass is 79.9. The number of aryl methyl sites for hydroxylation is 1. The zero-order chi connectivity index (χ0) is 14.7. The summed E-state index contributed by atoms with van der Waals surface area (Å²) in [6.07, 6.45) is 0. The fraction of sp³-hybridized carbons (Fsp3) is 0.188. The van der Waals surface area contributed by atoms with Crippen LogP contribution in [0.5, 0.6) is 11.5 Å². The summed E-state index contributed by atoms with van der Waals surface area (Å²) in [6.45, 7) is 1.96. The van der Waals surface area contributed by atoms with E-state index in [9.17, 15) is 4.79 Å². The molecule has 2 rings (SSSR count). The molecule has 0 saturated heterocycles. The van der Waals surface area contributed by atoms with Gasteiger partial charge in [0.05, 0.1) is 14.2 Å². The maximum atomic E-state index is 12.6. The van der Waals surface area contributed by atoms with Gasteiger partial charge >= 0.3 is 0 Å². The Hall–Kier alpha value is -1.81. The highest BCUT2D eigenvalue weighted by Crippen LogP contribution is 2.34. The first-order valence-corrected chi connectivity index (χ1v) is 6.89. The van der Waals surface area contributed by atoms with Crippen molar-refractivity contribution < 1.29 is 14.3 Å². The van der Waals surface area contributed by atoms with Gasteiger partial charge in [-0.15, -0.1) is 0 Å². The van der Waals surface area contributed by atoms with E-state index in [1.165, 1.54) is 0 Å². The zero-order valence-corrected chi connectivity index (χ0v) is 13.2. The SMILES string of the molecule is COc1cc(Br)c(C(=O)c2cccc(C)c2)cc1OC. The van der Waals surface area contributed by atoms with Crippen LogP contribution in [0, 0.1) is 6.92 Å². The van der Waals surface area contributed by atoms with Crippen LogP contribution in [0.3, 0.4) is 0 Å². The molecule has 0 bridgehead atoms. The van der Waals surface area contributed by atoms with Crippen molar-refractivity contribution in [2.75, 3.05) is 14.2 Å². The third-order valence-corrected chi connectivity index (χ3v) is 3.65. The molecule has 4 heteroatoms. The lowest BCUT2D eigenvalue weighted by atomic mass is 10.0. The largest absolute Gasteiger partial charge is 0.493 e. The third-order valence-electron chi connectivity index (χ3n) is 3.00. The number of hydrogen-bond acceptors (Lipinski definition) is 3. The van der Waals surface area contributed by atoms with E-state index < -0.39 is 0 Å². The molecule has 20 heavy (non-hydrogen) atoms. The van der Waals surface area contributed by atoms with E-state index in [-0.39, 0.29) is 5.78 Å². The standard InChI is InChI=1S/C16H15BrO3/c1-10-5-4-6-11(7-10)16(18)12-8-14(19-2)15(20-3)9-13(12)17/h4-9H,1-3H3. The van der Waals surface area contributed by atoms with Crippen molar-refractivity contribution in [1.29, 1.82) is 0 Å². The van der Waals surface area contributed by atoms with E-state index in [1.807, 2.05) is 25.1 Å². The normalized spacial score (nSPS) is 10.2. The molecule has 0 aliphatic carbocycles. The Labute approximate surface area is 126 Å². The van der Waals surface area contributed by atoms with Crippen LogP contribution in [-0.2, 0) is 0 Å². The number of ketones is 1. The highest BCUT2D eigenvalue weighted by molar-refractivity contribution is 9.10. The van der Waals surface area contributed by atoms with Crippen molar-refractivity contribution in [2.24, 2.45) is 0 Å². The van der Waals surface area contributed by atoms with Crippen molar-refractivity contribution in [3.63, 3.8) is 0 Å². The average molecular weight is 335 g/mol. The van der Waals surface area contributed by atoms with E-state index in [0.717, 1.165) is 5.56 Å². The Morgan fingerprint density at radius 1 is 1.05 bits per heavy atom. The van der Waals surface area contributed by atoms with Crippen LogP contribution in [0.1, 0.15) is 21.5 Å². The molecule has 0 aliphatic rings. The molecule has 0 N–H and O–H groups in total. The number of hydrogen-bond donors (Lipinski definition) is 0. The number of carbonyl (C=O) groups is 1. The molecule has 0 saturated carbocycles. The number of methoxy groups -OCH3 is 2. The second kappa shape index (κ2) is 6.09. The Kier molecular flexibility index (Phi) is 4.45. The number of benzene rings is 2. The Morgan fingerprint density at radius 3 is 2.30 bits per heavy atom. The number of rotatable bonds is 4. The highest BCUT2D eigenvalue weighted by Gasteiger charge is 2.17. The minimum absolute atomic E-state index is 0.0541. The maximum absolute atomic E-state index is 12.6. The predicted molar refractivity (Wildman–Crippen MR) is 81.9 cm³/mol. The topological polar surface area (TPSA) is 35.5 Å². The molecule has 0 aromatic heterocycles. The van der Waals surface area contributed by atoms with Gasteiger partial charge in [0.1, 0.15) is 0 Å². The van der Waals surface area contributed by atoms with Crippen LogP contribution < -0.4 is 9.47 Å². The van der Waals surface area contributed by atoms with Gasteiger partial charge in [-0.05, 0) is 41.1 Å². The molecule has 0 fully saturated rings. The van der Waals surface area contributed by atoms with Crippen LogP contribution in [0.25, 0.3) is 0 Å². The summed E-state index contributed by atoms with van der Waals surface area (Å²) < 4.78 is 11.1. The first-order valence-electron chi connectivity index (χ1n) is 6.09. The number of carbonyl (C=O) groups excluding carboxylic acids is 1. The van der Waals surface area contributed by atoms with Gasteiger partial charge in [-0.25, -0.2) is 0 Å². The van der Waals surface area contributed by atoms with E-state index in [1.54, 1.807) is 32.4 Å². The molecule has 0 heterocycles. The van der Waals surface area contributed by atoms with Crippen molar-refractivity contribution in [2.45, 2.75) is 6.92 Å². The molecule has 0 amide bonds. The van der Waals surface area contributed by atoms with Crippen molar-refractivity contribution in [3.05, 3.63) is 57.6 Å². The summed E-state index contributed by atoms with van der Waals surface area (Å²) in [6, 6.07) is 10.9. The maximum Gasteiger partial charge on any atom is 0.194 e. The van der Waals surface area contributed by atoms with Gasteiger partial charge in [0.15, 0.2) is 17.3 Å². The summed E-state index contributed by atoms with van der Waals surface area (Å²) in [5.41, 5.74) is 2.25. The summed E-state index contributed by atoms with van der Waals surface area (Å²) >= 11 is 3.41. The molecule has 104 valence electrons. The fourth-order valence-electron chi connectivity index (χ4n) is 1.97. The minimum atomic E-state index is -0.0541. The average Bonchev–Trinajstić information content (AvgIpc) is 2.46. The van der Waals surface area contributed by atoms with E-state index in [4.69, 9.17) is 9.47 Å². The Bertz CT molecular complexity index is 650. The Balaban J connectivity index is 2.49. The molecule has 2 aromatic carbocycles. The van der Waals surface area contributed by atoms with Gasteiger partial charge < -0.3 is 9.47 Å². The lowest BCUT2D eigenvalue weighted by Gasteiger charge is -2.11. The molecular formula is C16H15BrO3. The quantitative estimate of drug-likeness (QED) is 0.792. The monoisotopic (exact) mass is 334 g/mol. The smallest absolute Gasteiger partial charge is 0.194 e. The molecule has 0 atom stereocenters. The van der Waals surface area contributed by atoms with Gasteiger partial charge in [0.2, 0.25) is 0 Å². The lowest BCUT2D eigenvalue weighted by molar-refractivity contribution is 0.103. The fourth-order valence-corrected chi connectivity index (χ4v) is 2.47. The molecule has 0 aliphatic heterocycles. The minimum Gasteiger partial charge on any atom is -0.493 e. The van der Waals surface area contributed by atoms with Crippen molar-refractivity contribution in [3.8, 4) is 11.5 Å². The number of halogens is 1. The lowest BCUT2D eigenvalue weighted by Crippen LogP contribution is -2.04. The van der Waals surface area contributed by atoms with Crippen LogP contribution in [0.4, 0.5) is 0 Å². The van der Waals surface area contributed by atoms with Crippen LogP contribution in [-0.4, -0.2) is 20.0 Å². The van der Waals surface area contributed by atoms with E-state index >= 15 is 0 Å². The second-order valence-electron chi connectivity index (χ2n) is 4.39. The first-order chi connectivity index (χ1) is 9.56. The molecule has 0 unspecified atom stereocenters. The van der Waals surface area contributed by atoms with Gasteiger partial charge in [0, 0.05) is 15.6 Å². The first kappa shape index (κ1) is 14.6. The Morgan fingerprint density at radius 2 is 1.70 bits per heavy atom. The van der Waals surface area contributed by atoms with Gasteiger partial charge in [-0.3, -0.25) is 4.79 Å². The summed E-state index contributed by atoms with van der Waals surface area (Å²) in [7, 11) is 3.11. The van der Waals surface area contributed by atoms with Gasteiger partial charge in [0.25, 0.3) is 0 Å². The van der Waals surface area contributed by atoms with E-state index in [0.29, 0.717) is 27.1 Å². The molecule has 2 aromatic rings. The third kappa shape index (κ3) is 2.85. The summed E-state index contributed by atoms with van der Waals surface area (Å²) in [5.74, 6) is 1.06. The van der Waals surface area contributed by atoms with Gasteiger partial charge in [-0.1, -0.05) is 23.8 Å².